The highest BCUT2D eigenvalue weighted by Gasteiger charge is 2.24. The molecule has 1 atom stereocenters. The van der Waals surface area contributed by atoms with Crippen molar-refractivity contribution >= 4 is 17.9 Å². The molecule has 7 heteroatoms. The molecule has 2 rings (SSSR count). The van der Waals surface area contributed by atoms with E-state index in [4.69, 9.17) is 4.74 Å². The molecule has 1 saturated heterocycles. The molecule has 1 aromatic rings. The maximum absolute atomic E-state index is 12.6. The van der Waals surface area contributed by atoms with Gasteiger partial charge in [-0.3, -0.25) is 9.59 Å². The lowest BCUT2D eigenvalue weighted by Crippen LogP contribution is -2.49. The molecule has 28 heavy (non-hydrogen) atoms. The van der Waals surface area contributed by atoms with Gasteiger partial charge in [0.1, 0.15) is 6.04 Å². The molecule has 0 aromatic heterocycles. The number of hydrogen-bond acceptors (Lipinski definition) is 4. The van der Waals surface area contributed by atoms with E-state index in [0.717, 1.165) is 31.5 Å². The molecule has 7 nitrogen and oxygen atoms in total. The van der Waals surface area contributed by atoms with Crippen LogP contribution in [-0.2, 0) is 16.1 Å². The molecule has 0 bridgehead atoms. The fourth-order valence-corrected chi connectivity index (χ4v) is 3.23. The highest BCUT2D eigenvalue weighted by Crippen LogP contribution is 2.14. The minimum absolute atomic E-state index is 0.0388. The Morgan fingerprint density at radius 1 is 1.14 bits per heavy atom. The molecular formula is C21H31N3O4. The van der Waals surface area contributed by atoms with Crippen LogP contribution in [-0.4, -0.2) is 48.5 Å². The first kappa shape index (κ1) is 21.7. The van der Waals surface area contributed by atoms with E-state index in [-0.39, 0.29) is 30.9 Å². The second kappa shape index (κ2) is 10.7. The molecule has 0 radical (unpaired) electrons. The van der Waals surface area contributed by atoms with Crippen LogP contribution in [0.1, 0.15) is 56.0 Å². The summed E-state index contributed by atoms with van der Waals surface area (Å²) in [6.07, 6.45) is 2.66. The molecule has 1 fully saturated rings. The minimum atomic E-state index is -0.683. The van der Waals surface area contributed by atoms with Gasteiger partial charge in [-0.05, 0) is 49.8 Å². The van der Waals surface area contributed by atoms with Crippen molar-refractivity contribution in [2.24, 2.45) is 5.92 Å². The number of hydrogen-bond donors (Lipinski definition) is 2. The Morgan fingerprint density at radius 2 is 1.86 bits per heavy atom. The quantitative estimate of drug-likeness (QED) is 0.751. The molecule has 0 aliphatic carbocycles. The van der Waals surface area contributed by atoms with Crippen molar-refractivity contribution in [1.82, 2.24) is 15.5 Å². The number of alkyl carbamates (subject to hydrolysis) is 1. The number of carbonyl (C=O) groups excluding carboxylic acids is 3. The zero-order valence-corrected chi connectivity index (χ0v) is 17.0. The Kier molecular flexibility index (Phi) is 8.29. The Morgan fingerprint density at radius 3 is 2.50 bits per heavy atom. The molecule has 1 aliphatic rings. The maximum Gasteiger partial charge on any atom is 0.407 e. The zero-order valence-electron chi connectivity index (χ0n) is 17.0. The van der Waals surface area contributed by atoms with E-state index < -0.39 is 12.1 Å². The van der Waals surface area contributed by atoms with Gasteiger partial charge in [-0.2, -0.15) is 0 Å². The SMILES string of the molecule is CCOC(=O)NC(C(=O)NCc1cccc(C(=O)N2CCCCC2)c1)C(C)C. The molecule has 154 valence electrons. The number of piperidine rings is 1. The van der Waals surface area contributed by atoms with E-state index in [1.165, 1.54) is 6.42 Å². The molecule has 0 saturated carbocycles. The van der Waals surface area contributed by atoms with Gasteiger partial charge in [0.15, 0.2) is 0 Å². The largest absolute Gasteiger partial charge is 0.450 e. The highest BCUT2D eigenvalue weighted by atomic mass is 16.5. The van der Waals surface area contributed by atoms with E-state index in [0.29, 0.717) is 5.56 Å². The summed E-state index contributed by atoms with van der Waals surface area (Å²) in [7, 11) is 0. The number of amides is 3. The van der Waals surface area contributed by atoms with Crippen molar-refractivity contribution in [3.05, 3.63) is 35.4 Å². The Hall–Kier alpha value is -2.57. The van der Waals surface area contributed by atoms with Crippen LogP contribution in [0.25, 0.3) is 0 Å². The standard InChI is InChI=1S/C21H31N3O4/c1-4-28-21(27)23-18(15(2)3)19(25)22-14-16-9-8-10-17(13-16)20(26)24-11-6-5-7-12-24/h8-10,13,15,18H,4-7,11-12,14H2,1-3H3,(H,22,25)(H,23,27). The van der Waals surface area contributed by atoms with Crippen molar-refractivity contribution in [2.75, 3.05) is 19.7 Å². The van der Waals surface area contributed by atoms with Crippen LogP contribution in [0.4, 0.5) is 4.79 Å². The normalized spacial score (nSPS) is 15.1. The third-order valence-corrected chi connectivity index (χ3v) is 4.78. The molecule has 3 amide bonds. The Bertz CT molecular complexity index is 684. The second-order valence-electron chi connectivity index (χ2n) is 7.36. The number of likely N-dealkylation sites (tertiary alicyclic amines) is 1. The van der Waals surface area contributed by atoms with Gasteiger partial charge in [0.25, 0.3) is 5.91 Å². The van der Waals surface area contributed by atoms with Gasteiger partial charge in [-0.25, -0.2) is 4.79 Å². The van der Waals surface area contributed by atoms with Crippen LogP contribution in [0.3, 0.4) is 0 Å². The van der Waals surface area contributed by atoms with E-state index in [1.807, 2.05) is 43.0 Å². The summed E-state index contributed by atoms with van der Waals surface area (Å²) in [4.78, 5) is 38.7. The minimum Gasteiger partial charge on any atom is -0.450 e. The third kappa shape index (κ3) is 6.25. The predicted molar refractivity (Wildman–Crippen MR) is 107 cm³/mol. The lowest BCUT2D eigenvalue weighted by Gasteiger charge is -2.27. The molecule has 0 spiro atoms. The molecule has 1 aromatic carbocycles. The smallest absolute Gasteiger partial charge is 0.407 e. The monoisotopic (exact) mass is 389 g/mol. The van der Waals surface area contributed by atoms with Crippen molar-refractivity contribution in [3.8, 4) is 0 Å². The molecule has 2 N–H and O–H groups in total. The van der Waals surface area contributed by atoms with Gasteiger partial charge < -0.3 is 20.3 Å². The lowest BCUT2D eigenvalue weighted by atomic mass is 10.0. The first-order valence-electron chi connectivity index (χ1n) is 10.0. The zero-order chi connectivity index (χ0) is 20.5. The predicted octanol–water partition coefficient (Wildman–Crippen LogP) is 2.70. The van der Waals surface area contributed by atoms with Crippen molar-refractivity contribution < 1.29 is 19.1 Å². The van der Waals surface area contributed by atoms with Crippen LogP contribution in [0.5, 0.6) is 0 Å². The van der Waals surface area contributed by atoms with Gasteiger partial charge in [-0.1, -0.05) is 26.0 Å². The van der Waals surface area contributed by atoms with Crippen molar-refractivity contribution in [3.63, 3.8) is 0 Å². The molecule has 1 aliphatic heterocycles. The number of nitrogens with zero attached hydrogens (tertiary/aromatic N) is 1. The van der Waals surface area contributed by atoms with Gasteiger partial charge in [0.2, 0.25) is 5.91 Å². The van der Waals surface area contributed by atoms with E-state index >= 15 is 0 Å². The first-order chi connectivity index (χ1) is 13.4. The van der Waals surface area contributed by atoms with E-state index in [9.17, 15) is 14.4 Å². The summed E-state index contributed by atoms with van der Waals surface area (Å²) in [5, 5.41) is 5.43. The summed E-state index contributed by atoms with van der Waals surface area (Å²) in [6, 6.07) is 6.64. The van der Waals surface area contributed by atoms with Gasteiger partial charge in [0, 0.05) is 25.2 Å². The summed E-state index contributed by atoms with van der Waals surface area (Å²) < 4.78 is 4.86. The van der Waals surface area contributed by atoms with Crippen molar-refractivity contribution in [1.29, 1.82) is 0 Å². The average molecular weight is 389 g/mol. The van der Waals surface area contributed by atoms with E-state index in [1.54, 1.807) is 6.92 Å². The maximum atomic E-state index is 12.6. The Balaban J connectivity index is 1.96. The van der Waals surface area contributed by atoms with Crippen LogP contribution in [0.15, 0.2) is 24.3 Å². The topological polar surface area (TPSA) is 87.7 Å². The van der Waals surface area contributed by atoms with Crippen LogP contribution in [0.2, 0.25) is 0 Å². The molecule has 1 unspecified atom stereocenters. The number of rotatable bonds is 7. The summed E-state index contributed by atoms with van der Waals surface area (Å²) in [5.41, 5.74) is 1.48. The van der Waals surface area contributed by atoms with Crippen molar-refractivity contribution in [2.45, 2.75) is 52.6 Å². The van der Waals surface area contributed by atoms with E-state index in [2.05, 4.69) is 10.6 Å². The van der Waals surface area contributed by atoms with Crippen LogP contribution in [0, 0.1) is 5.92 Å². The number of benzene rings is 1. The fraction of sp³-hybridized carbons (Fsp3) is 0.571. The summed E-state index contributed by atoms with van der Waals surface area (Å²) >= 11 is 0. The average Bonchev–Trinajstić information content (AvgIpc) is 2.70. The van der Waals surface area contributed by atoms with Gasteiger partial charge >= 0.3 is 6.09 Å². The number of nitrogens with one attached hydrogen (secondary N) is 2. The Labute approximate surface area is 166 Å². The van der Waals surface area contributed by atoms with Crippen LogP contribution >= 0.6 is 0 Å². The van der Waals surface area contributed by atoms with Crippen LogP contribution < -0.4 is 10.6 Å². The first-order valence-corrected chi connectivity index (χ1v) is 10.0. The third-order valence-electron chi connectivity index (χ3n) is 4.78. The molecule has 1 heterocycles. The van der Waals surface area contributed by atoms with Gasteiger partial charge in [0.05, 0.1) is 6.61 Å². The highest BCUT2D eigenvalue weighted by molar-refractivity contribution is 5.94. The molecular weight excluding hydrogens is 358 g/mol. The summed E-state index contributed by atoms with van der Waals surface area (Å²) in [5.74, 6) is -0.329. The van der Waals surface area contributed by atoms with Gasteiger partial charge in [-0.15, -0.1) is 0 Å². The number of ether oxygens (including phenoxy) is 1. The summed E-state index contributed by atoms with van der Waals surface area (Å²) in [6.45, 7) is 7.56. The number of carbonyl (C=O) groups is 3. The lowest BCUT2D eigenvalue weighted by molar-refractivity contribution is -0.124. The second-order valence-corrected chi connectivity index (χ2v) is 7.36. The fourth-order valence-electron chi connectivity index (χ4n) is 3.23.